The Balaban J connectivity index is 2.02. The van der Waals surface area contributed by atoms with Gasteiger partial charge in [0.15, 0.2) is 0 Å². The first-order valence-corrected chi connectivity index (χ1v) is 6.82. The van der Waals surface area contributed by atoms with Gasteiger partial charge in [-0.15, -0.1) is 5.73 Å². The van der Waals surface area contributed by atoms with E-state index in [0.29, 0.717) is 31.7 Å². The van der Waals surface area contributed by atoms with Gasteiger partial charge in [0.2, 0.25) is 0 Å². The maximum Gasteiger partial charge on any atom is 0.407 e. The SMILES string of the molecule is C=C=C(COC(=O)NCCCC[C@H](N)C(=O)O)C1CC1. The normalized spacial score (nSPS) is 15.1. The van der Waals surface area contributed by atoms with E-state index in [0.717, 1.165) is 18.4 Å². The van der Waals surface area contributed by atoms with Crippen molar-refractivity contribution in [1.82, 2.24) is 5.32 Å². The van der Waals surface area contributed by atoms with Crippen LogP contribution in [-0.4, -0.2) is 36.4 Å². The van der Waals surface area contributed by atoms with Crippen LogP contribution in [0.15, 0.2) is 17.9 Å². The molecule has 6 nitrogen and oxygen atoms in total. The van der Waals surface area contributed by atoms with Gasteiger partial charge in [0.1, 0.15) is 12.6 Å². The number of amides is 1. The number of aliphatic carboxylic acids is 1. The molecule has 1 aliphatic carbocycles. The number of carboxylic acids is 1. The maximum absolute atomic E-state index is 11.4. The van der Waals surface area contributed by atoms with E-state index in [2.05, 4.69) is 17.6 Å². The molecule has 0 aromatic rings. The van der Waals surface area contributed by atoms with Crippen molar-refractivity contribution in [3.05, 3.63) is 17.9 Å². The minimum absolute atomic E-state index is 0.240. The molecule has 0 spiro atoms. The highest BCUT2D eigenvalue weighted by Gasteiger charge is 2.26. The molecule has 112 valence electrons. The van der Waals surface area contributed by atoms with Gasteiger partial charge in [0.05, 0.1) is 0 Å². The van der Waals surface area contributed by atoms with Crippen LogP contribution >= 0.6 is 0 Å². The van der Waals surface area contributed by atoms with Crippen LogP contribution in [0, 0.1) is 5.92 Å². The molecule has 0 aromatic carbocycles. The minimum atomic E-state index is -0.999. The Bertz CT molecular complexity index is 398. The van der Waals surface area contributed by atoms with Gasteiger partial charge < -0.3 is 20.9 Å². The molecule has 1 rings (SSSR count). The first kappa shape index (κ1) is 16.3. The summed E-state index contributed by atoms with van der Waals surface area (Å²) in [7, 11) is 0. The third-order valence-corrected chi connectivity index (χ3v) is 3.18. The summed E-state index contributed by atoms with van der Waals surface area (Å²) in [6, 6.07) is -0.833. The van der Waals surface area contributed by atoms with E-state index in [9.17, 15) is 9.59 Å². The molecule has 0 aliphatic heterocycles. The summed E-state index contributed by atoms with van der Waals surface area (Å²) < 4.78 is 5.05. The fourth-order valence-electron chi connectivity index (χ4n) is 1.74. The Labute approximate surface area is 118 Å². The van der Waals surface area contributed by atoms with Crippen molar-refractivity contribution < 1.29 is 19.4 Å². The molecule has 0 saturated heterocycles. The van der Waals surface area contributed by atoms with Crippen molar-refractivity contribution in [1.29, 1.82) is 0 Å². The van der Waals surface area contributed by atoms with E-state index in [1.165, 1.54) is 0 Å². The molecule has 0 heterocycles. The molecule has 0 aromatic heterocycles. The Hall–Kier alpha value is -1.78. The molecule has 0 unspecified atom stereocenters. The molecule has 1 aliphatic rings. The molecule has 0 bridgehead atoms. The number of hydrogen-bond acceptors (Lipinski definition) is 4. The second-order valence-electron chi connectivity index (χ2n) is 4.92. The van der Waals surface area contributed by atoms with Crippen LogP contribution in [0.3, 0.4) is 0 Å². The van der Waals surface area contributed by atoms with Crippen molar-refractivity contribution in [2.24, 2.45) is 11.7 Å². The number of nitrogens with one attached hydrogen (secondary N) is 1. The monoisotopic (exact) mass is 282 g/mol. The van der Waals surface area contributed by atoms with E-state index >= 15 is 0 Å². The van der Waals surface area contributed by atoms with Crippen LogP contribution in [-0.2, 0) is 9.53 Å². The highest BCUT2D eigenvalue weighted by Crippen LogP contribution is 2.35. The van der Waals surface area contributed by atoms with Gasteiger partial charge in [-0.3, -0.25) is 4.79 Å². The summed E-state index contributed by atoms with van der Waals surface area (Å²) in [5.74, 6) is -0.515. The van der Waals surface area contributed by atoms with Crippen LogP contribution in [0.5, 0.6) is 0 Å². The number of nitrogens with two attached hydrogens (primary N) is 1. The van der Waals surface area contributed by atoms with E-state index in [4.69, 9.17) is 15.6 Å². The Kier molecular flexibility index (Phi) is 6.84. The number of ether oxygens (including phenoxy) is 1. The number of rotatable bonds is 9. The smallest absolute Gasteiger partial charge is 0.407 e. The zero-order valence-corrected chi connectivity index (χ0v) is 11.6. The molecule has 1 amide bonds. The average molecular weight is 282 g/mol. The predicted molar refractivity (Wildman–Crippen MR) is 74.2 cm³/mol. The lowest BCUT2D eigenvalue weighted by atomic mass is 10.1. The Morgan fingerprint density at radius 1 is 1.45 bits per heavy atom. The predicted octanol–water partition coefficient (Wildman–Crippen LogP) is 1.42. The van der Waals surface area contributed by atoms with Crippen LogP contribution in [0.1, 0.15) is 32.1 Å². The lowest BCUT2D eigenvalue weighted by molar-refractivity contribution is -0.138. The van der Waals surface area contributed by atoms with Gasteiger partial charge in [-0.1, -0.05) is 6.58 Å². The van der Waals surface area contributed by atoms with Gasteiger partial charge in [-0.2, -0.15) is 0 Å². The zero-order chi connectivity index (χ0) is 15.0. The molecular weight excluding hydrogens is 260 g/mol. The number of alkyl carbamates (subject to hydrolysis) is 1. The number of carbonyl (C=O) groups is 2. The fourth-order valence-corrected chi connectivity index (χ4v) is 1.74. The number of carboxylic acid groups (broad SMARTS) is 1. The standard InChI is InChI=1S/C14H22N2O4/c1-2-10(11-6-7-11)9-20-14(19)16-8-4-3-5-12(15)13(17)18/h11-12H,1,3-9,15H2,(H,16,19)(H,17,18)/t12-/m0/s1. The van der Waals surface area contributed by atoms with E-state index < -0.39 is 18.1 Å². The molecule has 1 fully saturated rings. The van der Waals surface area contributed by atoms with E-state index in [1.54, 1.807) is 0 Å². The average Bonchev–Trinajstić information content (AvgIpc) is 3.23. The molecule has 1 atom stereocenters. The maximum atomic E-state index is 11.4. The van der Waals surface area contributed by atoms with Crippen molar-refractivity contribution in [3.8, 4) is 0 Å². The molecule has 6 heteroatoms. The van der Waals surface area contributed by atoms with Gasteiger partial charge in [-0.05, 0) is 38.0 Å². The van der Waals surface area contributed by atoms with Crippen LogP contribution < -0.4 is 11.1 Å². The van der Waals surface area contributed by atoms with Crippen LogP contribution in [0.2, 0.25) is 0 Å². The zero-order valence-electron chi connectivity index (χ0n) is 11.6. The lowest BCUT2D eigenvalue weighted by Crippen LogP contribution is -2.30. The van der Waals surface area contributed by atoms with E-state index in [-0.39, 0.29) is 6.61 Å². The Morgan fingerprint density at radius 2 is 2.15 bits per heavy atom. The topological polar surface area (TPSA) is 102 Å². The van der Waals surface area contributed by atoms with Crippen molar-refractivity contribution in [3.63, 3.8) is 0 Å². The first-order chi connectivity index (χ1) is 9.54. The third-order valence-electron chi connectivity index (χ3n) is 3.18. The molecule has 1 saturated carbocycles. The quantitative estimate of drug-likeness (QED) is 0.438. The summed E-state index contributed by atoms with van der Waals surface area (Å²) in [5.41, 5.74) is 9.12. The van der Waals surface area contributed by atoms with E-state index in [1.807, 2.05) is 0 Å². The van der Waals surface area contributed by atoms with Gasteiger partial charge in [0, 0.05) is 12.1 Å². The van der Waals surface area contributed by atoms with Gasteiger partial charge in [0.25, 0.3) is 0 Å². The van der Waals surface area contributed by atoms with Gasteiger partial charge >= 0.3 is 12.1 Å². The summed E-state index contributed by atoms with van der Waals surface area (Å²) in [6.07, 6.45) is 3.48. The summed E-state index contributed by atoms with van der Waals surface area (Å²) in [4.78, 5) is 21.9. The highest BCUT2D eigenvalue weighted by molar-refractivity contribution is 5.72. The number of unbranched alkanes of at least 4 members (excludes halogenated alkanes) is 1. The fraction of sp³-hybridized carbons (Fsp3) is 0.643. The molecule has 20 heavy (non-hydrogen) atoms. The highest BCUT2D eigenvalue weighted by atomic mass is 16.5. The molecule has 4 N–H and O–H groups in total. The van der Waals surface area contributed by atoms with Crippen LogP contribution in [0.25, 0.3) is 0 Å². The number of carbonyl (C=O) groups excluding carboxylic acids is 1. The first-order valence-electron chi connectivity index (χ1n) is 6.82. The van der Waals surface area contributed by atoms with Crippen LogP contribution in [0.4, 0.5) is 4.79 Å². The summed E-state index contributed by atoms with van der Waals surface area (Å²) in [6.45, 7) is 4.27. The molecular formula is C14H22N2O4. The van der Waals surface area contributed by atoms with Crippen molar-refractivity contribution >= 4 is 12.1 Å². The van der Waals surface area contributed by atoms with Crippen molar-refractivity contribution in [2.75, 3.05) is 13.2 Å². The largest absolute Gasteiger partial charge is 0.480 e. The van der Waals surface area contributed by atoms with Gasteiger partial charge in [-0.25, -0.2) is 4.79 Å². The third kappa shape index (κ3) is 6.41. The number of hydrogen-bond donors (Lipinski definition) is 3. The molecule has 0 radical (unpaired) electrons. The summed E-state index contributed by atoms with van der Waals surface area (Å²) >= 11 is 0. The summed E-state index contributed by atoms with van der Waals surface area (Å²) in [5, 5.41) is 11.2. The minimum Gasteiger partial charge on any atom is -0.480 e. The lowest BCUT2D eigenvalue weighted by Gasteiger charge is -2.08. The van der Waals surface area contributed by atoms with Crippen molar-refractivity contribution in [2.45, 2.75) is 38.1 Å². The Morgan fingerprint density at radius 3 is 2.70 bits per heavy atom. The second kappa shape index (κ2) is 8.40. The second-order valence-corrected chi connectivity index (χ2v) is 4.92.